The minimum Gasteiger partial charge on any atom is -0.330 e. The van der Waals surface area contributed by atoms with Crippen LogP contribution < -0.4 is 5.32 Å². The maximum atomic E-state index is 12.7. The maximum Gasteiger partial charge on any atom is 0.317 e. The number of carbonyl (C=O) groups excluding carboxylic acids is 1. The lowest BCUT2D eigenvalue weighted by Gasteiger charge is -2.36. The molecule has 1 atom stereocenters. The average molecular weight is 345 g/mol. The van der Waals surface area contributed by atoms with Crippen molar-refractivity contribution in [3.63, 3.8) is 0 Å². The van der Waals surface area contributed by atoms with Crippen molar-refractivity contribution in [2.24, 2.45) is 5.92 Å². The molecular weight excluding hydrogens is 312 g/mol. The Morgan fingerprint density at radius 2 is 1.88 bits per heavy atom. The fourth-order valence-electron chi connectivity index (χ4n) is 3.61. The van der Waals surface area contributed by atoms with Gasteiger partial charge in [0.2, 0.25) is 0 Å². The molecule has 1 saturated carbocycles. The molecule has 0 aromatic heterocycles. The number of amides is 2. The van der Waals surface area contributed by atoms with Crippen LogP contribution in [0.15, 0.2) is 30.3 Å². The molecule has 2 aliphatic rings. The van der Waals surface area contributed by atoms with Gasteiger partial charge in [-0.3, -0.25) is 4.90 Å². The van der Waals surface area contributed by atoms with Gasteiger partial charge in [-0.2, -0.15) is 0 Å². The predicted octanol–water partition coefficient (Wildman–Crippen LogP) is 2.42. The zero-order chi connectivity index (χ0) is 17.6. The number of rotatable bonds is 6. The molecule has 1 heterocycles. The molecular formula is C20H32N4O. The number of hydrogen-bond donors (Lipinski definition) is 1. The van der Waals surface area contributed by atoms with Crippen molar-refractivity contribution >= 4 is 6.03 Å². The van der Waals surface area contributed by atoms with E-state index in [1.807, 2.05) is 18.0 Å². The minimum atomic E-state index is 0.0425. The Hall–Kier alpha value is -1.59. The summed E-state index contributed by atoms with van der Waals surface area (Å²) in [4.78, 5) is 19.4. The molecule has 0 radical (unpaired) electrons. The maximum absolute atomic E-state index is 12.7. The number of piperazine rings is 1. The van der Waals surface area contributed by atoms with E-state index in [-0.39, 0.29) is 12.1 Å². The Kier molecular flexibility index (Phi) is 6.32. The molecule has 1 N–H and O–H groups in total. The zero-order valence-corrected chi connectivity index (χ0v) is 15.7. The van der Waals surface area contributed by atoms with Gasteiger partial charge in [-0.25, -0.2) is 4.79 Å². The van der Waals surface area contributed by atoms with E-state index in [0.29, 0.717) is 5.92 Å². The summed E-state index contributed by atoms with van der Waals surface area (Å²) in [6.45, 7) is 6.07. The zero-order valence-electron chi connectivity index (χ0n) is 15.7. The Morgan fingerprint density at radius 1 is 1.20 bits per heavy atom. The van der Waals surface area contributed by atoms with Crippen LogP contribution in [-0.2, 0) is 0 Å². The Bertz CT molecular complexity index is 538. The van der Waals surface area contributed by atoms with Gasteiger partial charge in [0.25, 0.3) is 0 Å². The highest BCUT2D eigenvalue weighted by atomic mass is 16.2. The Balaban J connectivity index is 1.60. The van der Waals surface area contributed by atoms with E-state index in [1.165, 1.54) is 24.8 Å². The number of benzene rings is 1. The summed E-state index contributed by atoms with van der Waals surface area (Å²) in [7, 11) is 4.09. The van der Waals surface area contributed by atoms with Crippen LogP contribution in [0.25, 0.3) is 0 Å². The second-order valence-electron chi connectivity index (χ2n) is 7.69. The normalized spacial score (nSPS) is 20.7. The Labute approximate surface area is 152 Å². The molecule has 1 unspecified atom stereocenters. The van der Waals surface area contributed by atoms with Crippen LogP contribution in [0.2, 0.25) is 0 Å². The van der Waals surface area contributed by atoms with E-state index in [9.17, 15) is 4.79 Å². The van der Waals surface area contributed by atoms with Crippen molar-refractivity contribution in [2.75, 3.05) is 53.4 Å². The van der Waals surface area contributed by atoms with Crippen LogP contribution in [0.1, 0.15) is 30.9 Å². The molecule has 1 aliphatic heterocycles. The fourth-order valence-corrected chi connectivity index (χ4v) is 3.61. The SMILES string of the molecule is CN1CCN(CC(NC(=O)N(C)CC2CCC2)c2ccccc2)CC1. The molecule has 5 heteroatoms. The molecule has 138 valence electrons. The van der Waals surface area contributed by atoms with E-state index in [1.54, 1.807) is 0 Å². The first-order chi connectivity index (χ1) is 12.1. The number of likely N-dealkylation sites (N-methyl/N-ethyl adjacent to an activating group) is 1. The van der Waals surface area contributed by atoms with Crippen LogP contribution in [0, 0.1) is 5.92 Å². The van der Waals surface area contributed by atoms with Crippen LogP contribution in [0.3, 0.4) is 0 Å². The van der Waals surface area contributed by atoms with Crippen molar-refractivity contribution in [1.29, 1.82) is 0 Å². The van der Waals surface area contributed by atoms with Gasteiger partial charge in [-0.1, -0.05) is 36.8 Å². The third kappa shape index (κ3) is 5.19. The number of urea groups is 1. The lowest BCUT2D eigenvalue weighted by molar-refractivity contribution is 0.138. The summed E-state index contributed by atoms with van der Waals surface area (Å²) in [5.74, 6) is 0.698. The number of hydrogen-bond acceptors (Lipinski definition) is 3. The highest BCUT2D eigenvalue weighted by Gasteiger charge is 2.25. The minimum absolute atomic E-state index is 0.0425. The topological polar surface area (TPSA) is 38.8 Å². The molecule has 1 aromatic carbocycles. The lowest BCUT2D eigenvalue weighted by Crippen LogP contribution is -2.49. The summed E-state index contributed by atoms with van der Waals surface area (Å²) >= 11 is 0. The molecule has 25 heavy (non-hydrogen) atoms. The van der Waals surface area contributed by atoms with Crippen LogP contribution in [0.4, 0.5) is 4.79 Å². The van der Waals surface area contributed by atoms with Crippen molar-refractivity contribution in [1.82, 2.24) is 20.0 Å². The summed E-state index contributed by atoms with van der Waals surface area (Å²) < 4.78 is 0. The fraction of sp³-hybridized carbons (Fsp3) is 0.650. The van der Waals surface area contributed by atoms with Gasteiger partial charge in [0.05, 0.1) is 6.04 Å². The molecule has 1 aliphatic carbocycles. The average Bonchev–Trinajstić information content (AvgIpc) is 2.60. The molecule has 1 saturated heterocycles. The van der Waals surface area contributed by atoms with E-state index >= 15 is 0 Å². The molecule has 5 nitrogen and oxygen atoms in total. The molecule has 0 bridgehead atoms. The highest BCUT2D eigenvalue weighted by Crippen LogP contribution is 2.27. The first-order valence-corrected chi connectivity index (χ1v) is 9.59. The molecule has 3 rings (SSSR count). The van der Waals surface area contributed by atoms with Crippen molar-refractivity contribution in [3.05, 3.63) is 35.9 Å². The van der Waals surface area contributed by atoms with E-state index < -0.39 is 0 Å². The third-order valence-corrected chi connectivity index (χ3v) is 5.64. The van der Waals surface area contributed by atoms with Crippen molar-refractivity contribution in [3.8, 4) is 0 Å². The van der Waals surface area contributed by atoms with Gasteiger partial charge in [0.15, 0.2) is 0 Å². The summed E-state index contributed by atoms with van der Waals surface area (Å²) in [5, 5.41) is 3.28. The first kappa shape index (κ1) is 18.2. The quantitative estimate of drug-likeness (QED) is 0.861. The molecule has 2 amide bonds. The van der Waals surface area contributed by atoms with E-state index in [2.05, 4.69) is 46.4 Å². The van der Waals surface area contributed by atoms with Gasteiger partial charge in [-0.15, -0.1) is 0 Å². The van der Waals surface area contributed by atoms with Crippen LogP contribution >= 0.6 is 0 Å². The van der Waals surface area contributed by atoms with E-state index in [4.69, 9.17) is 0 Å². The van der Waals surface area contributed by atoms with Crippen LogP contribution in [-0.4, -0.2) is 74.1 Å². The van der Waals surface area contributed by atoms with Gasteiger partial charge in [-0.05, 0) is 31.4 Å². The lowest BCUT2D eigenvalue weighted by atomic mass is 9.85. The van der Waals surface area contributed by atoms with E-state index in [0.717, 1.165) is 39.3 Å². The van der Waals surface area contributed by atoms with Crippen molar-refractivity contribution in [2.45, 2.75) is 25.3 Å². The summed E-state index contributed by atoms with van der Waals surface area (Å²) in [6.07, 6.45) is 3.85. The summed E-state index contributed by atoms with van der Waals surface area (Å²) in [5.41, 5.74) is 1.19. The predicted molar refractivity (Wildman–Crippen MR) is 102 cm³/mol. The third-order valence-electron chi connectivity index (χ3n) is 5.64. The second-order valence-corrected chi connectivity index (χ2v) is 7.69. The van der Waals surface area contributed by atoms with Gasteiger partial charge < -0.3 is 15.1 Å². The molecule has 1 aromatic rings. The second kappa shape index (κ2) is 8.68. The summed E-state index contributed by atoms with van der Waals surface area (Å²) in [6, 6.07) is 10.5. The number of nitrogens with one attached hydrogen (secondary N) is 1. The van der Waals surface area contributed by atoms with Crippen molar-refractivity contribution < 1.29 is 4.79 Å². The van der Waals surface area contributed by atoms with Gasteiger partial charge >= 0.3 is 6.03 Å². The van der Waals surface area contributed by atoms with Gasteiger partial charge in [0.1, 0.15) is 0 Å². The first-order valence-electron chi connectivity index (χ1n) is 9.59. The Morgan fingerprint density at radius 3 is 2.48 bits per heavy atom. The monoisotopic (exact) mass is 344 g/mol. The van der Waals surface area contributed by atoms with Crippen LogP contribution in [0.5, 0.6) is 0 Å². The van der Waals surface area contributed by atoms with Gasteiger partial charge in [0, 0.05) is 46.3 Å². The molecule has 2 fully saturated rings. The smallest absolute Gasteiger partial charge is 0.317 e. The largest absolute Gasteiger partial charge is 0.330 e. The number of nitrogens with zero attached hydrogens (tertiary/aromatic N) is 3. The highest BCUT2D eigenvalue weighted by molar-refractivity contribution is 5.74. The standard InChI is InChI=1S/C20H32N4O/c1-22-11-13-24(14-12-22)16-19(18-9-4-3-5-10-18)21-20(25)23(2)15-17-7-6-8-17/h3-5,9-10,17,19H,6-8,11-16H2,1-2H3,(H,21,25). The number of carbonyl (C=O) groups is 1. The molecule has 0 spiro atoms.